The molecule has 1 unspecified atom stereocenters. The second-order valence-electron chi connectivity index (χ2n) is 4.65. The number of amides is 1. The first-order chi connectivity index (χ1) is 10.5. The minimum atomic E-state index is -0.957. The van der Waals surface area contributed by atoms with Gasteiger partial charge in [-0.1, -0.05) is 12.1 Å². The number of halogens is 1. The highest BCUT2D eigenvalue weighted by Crippen LogP contribution is 2.12. The van der Waals surface area contributed by atoms with Gasteiger partial charge in [0.1, 0.15) is 11.5 Å². The van der Waals surface area contributed by atoms with E-state index in [1.165, 1.54) is 41.1 Å². The van der Waals surface area contributed by atoms with Crippen LogP contribution in [0.2, 0.25) is 0 Å². The Kier molecular flexibility index (Phi) is 5.00. The van der Waals surface area contributed by atoms with Gasteiger partial charge in [-0.05, 0) is 30.7 Å². The van der Waals surface area contributed by atoms with E-state index in [2.05, 4.69) is 10.4 Å². The summed E-state index contributed by atoms with van der Waals surface area (Å²) in [6.07, 6.45) is -0.957. The van der Waals surface area contributed by atoms with Crippen molar-refractivity contribution in [2.45, 2.75) is 19.6 Å². The van der Waals surface area contributed by atoms with Crippen LogP contribution in [0.25, 0.3) is 0 Å². The lowest BCUT2D eigenvalue weighted by molar-refractivity contribution is 0.0909. The quantitative estimate of drug-likeness (QED) is 0.858. The molecule has 7 heteroatoms. The number of benzene rings is 1. The molecule has 2 N–H and O–H groups in total. The molecule has 0 aliphatic rings. The van der Waals surface area contributed by atoms with Crippen LogP contribution < -0.4 is 10.9 Å². The number of nitrogens with one attached hydrogen (secondary N) is 1. The lowest BCUT2D eigenvalue weighted by Gasteiger charge is -2.12. The SMILES string of the molecule is CCn1nc(C(=O)NCC(O)c2ccc(F)cc2)ccc1=O. The van der Waals surface area contributed by atoms with Gasteiger partial charge in [0.25, 0.3) is 11.5 Å². The second-order valence-corrected chi connectivity index (χ2v) is 4.65. The molecule has 22 heavy (non-hydrogen) atoms. The minimum absolute atomic E-state index is 0.0442. The Bertz CT molecular complexity index is 713. The first-order valence-electron chi connectivity index (χ1n) is 6.81. The number of aromatic nitrogens is 2. The predicted molar refractivity (Wildman–Crippen MR) is 77.9 cm³/mol. The van der Waals surface area contributed by atoms with Crippen LogP contribution in [-0.4, -0.2) is 27.3 Å². The van der Waals surface area contributed by atoms with Gasteiger partial charge in [0.15, 0.2) is 0 Å². The van der Waals surface area contributed by atoms with E-state index in [0.29, 0.717) is 12.1 Å². The van der Waals surface area contributed by atoms with E-state index in [0.717, 1.165) is 0 Å². The molecule has 2 aromatic rings. The van der Waals surface area contributed by atoms with E-state index < -0.39 is 17.8 Å². The molecule has 0 saturated carbocycles. The lowest BCUT2D eigenvalue weighted by Crippen LogP contribution is -2.31. The maximum absolute atomic E-state index is 12.8. The van der Waals surface area contributed by atoms with Gasteiger partial charge in [0, 0.05) is 19.2 Å². The number of aryl methyl sites for hydroxylation is 1. The third-order valence-electron chi connectivity index (χ3n) is 3.11. The van der Waals surface area contributed by atoms with Crippen molar-refractivity contribution in [3.63, 3.8) is 0 Å². The van der Waals surface area contributed by atoms with E-state index in [4.69, 9.17) is 0 Å². The molecule has 0 fully saturated rings. The van der Waals surface area contributed by atoms with Crippen LogP contribution in [0, 0.1) is 5.82 Å². The smallest absolute Gasteiger partial charge is 0.271 e. The van der Waals surface area contributed by atoms with E-state index in [-0.39, 0.29) is 17.8 Å². The molecule has 0 aliphatic heterocycles. The molecule has 0 saturated heterocycles. The predicted octanol–water partition coefficient (Wildman–Crippen LogP) is 0.866. The third kappa shape index (κ3) is 3.76. The first-order valence-corrected chi connectivity index (χ1v) is 6.81. The van der Waals surface area contributed by atoms with Crippen LogP contribution in [-0.2, 0) is 6.54 Å². The molecule has 116 valence electrons. The Balaban J connectivity index is 2.00. The number of hydrogen-bond acceptors (Lipinski definition) is 4. The average Bonchev–Trinajstić information content (AvgIpc) is 2.53. The standard InChI is InChI=1S/C15H16FN3O3/c1-2-19-14(21)8-7-12(18-19)15(22)17-9-13(20)10-3-5-11(16)6-4-10/h3-8,13,20H,2,9H2,1H3,(H,17,22). The topological polar surface area (TPSA) is 84.2 Å². The number of carbonyl (C=O) groups is 1. The Labute approximate surface area is 126 Å². The molecule has 0 radical (unpaired) electrons. The molecule has 1 heterocycles. The van der Waals surface area contributed by atoms with Crippen LogP contribution in [0.15, 0.2) is 41.2 Å². The molecule has 2 rings (SSSR count). The first kappa shape index (κ1) is 15.8. The summed E-state index contributed by atoms with van der Waals surface area (Å²) in [4.78, 5) is 23.4. The molecule has 0 aliphatic carbocycles. The van der Waals surface area contributed by atoms with Gasteiger partial charge in [0.05, 0.1) is 6.10 Å². The third-order valence-corrected chi connectivity index (χ3v) is 3.11. The summed E-state index contributed by atoms with van der Waals surface area (Å²) in [5.41, 5.74) is 0.298. The van der Waals surface area contributed by atoms with Crippen molar-refractivity contribution in [2.24, 2.45) is 0 Å². The van der Waals surface area contributed by atoms with Gasteiger partial charge in [0.2, 0.25) is 0 Å². The highest BCUT2D eigenvalue weighted by atomic mass is 19.1. The van der Waals surface area contributed by atoms with Crippen LogP contribution in [0.4, 0.5) is 4.39 Å². The summed E-state index contributed by atoms with van der Waals surface area (Å²) in [7, 11) is 0. The van der Waals surface area contributed by atoms with Crippen molar-refractivity contribution in [3.05, 3.63) is 63.8 Å². The average molecular weight is 305 g/mol. The van der Waals surface area contributed by atoms with E-state index in [1.54, 1.807) is 6.92 Å². The van der Waals surface area contributed by atoms with Crippen molar-refractivity contribution in [3.8, 4) is 0 Å². The van der Waals surface area contributed by atoms with Gasteiger partial charge in [-0.15, -0.1) is 0 Å². The lowest BCUT2D eigenvalue weighted by atomic mass is 10.1. The normalized spacial score (nSPS) is 12.0. The number of aliphatic hydroxyl groups excluding tert-OH is 1. The number of rotatable bonds is 5. The molecular formula is C15H16FN3O3. The number of nitrogens with zero attached hydrogens (tertiary/aromatic N) is 2. The van der Waals surface area contributed by atoms with Crippen LogP contribution in [0.3, 0.4) is 0 Å². The zero-order chi connectivity index (χ0) is 16.1. The maximum Gasteiger partial charge on any atom is 0.271 e. The van der Waals surface area contributed by atoms with Crippen LogP contribution in [0.5, 0.6) is 0 Å². The fourth-order valence-corrected chi connectivity index (χ4v) is 1.88. The molecule has 1 aromatic carbocycles. The van der Waals surface area contributed by atoms with Crippen LogP contribution in [0.1, 0.15) is 29.1 Å². The monoisotopic (exact) mass is 305 g/mol. The van der Waals surface area contributed by atoms with E-state index in [9.17, 15) is 19.1 Å². The zero-order valence-electron chi connectivity index (χ0n) is 12.0. The second kappa shape index (κ2) is 6.95. The molecule has 0 spiro atoms. The molecule has 1 aromatic heterocycles. The maximum atomic E-state index is 12.8. The Hall–Kier alpha value is -2.54. The summed E-state index contributed by atoms with van der Waals surface area (Å²) in [5, 5.41) is 16.4. The number of aliphatic hydroxyl groups is 1. The number of hydrogen-bond donors (Lipinski definition) is 2. The molecular weight excluding hydrogens is 289 g/mol. The van der Waals surface area contributed by atoms with Crippen molar-refractivity contribution in [1.82, 2.24) is 15.1 Å². The van der Waals surface area contributed by atoms with Crippen molar-refractivity contribution in [2.75, 3.05) is 6.54 Å². The van der Waals surface area contributed by atoms with Crippen molar-refractivity contribution < 1.29 is 14.3 Å². The highest BCUT2D eigenvalue weighted by Gasteiger charge is 2.13. The summed E-state index contributed by atoms with van der Waals surface area (Å²) in [6, 6.07) is 7.96. The summed E-state index contributed by atoms with van der Waals surface area (Å²) in [6.45, 7) is 2.06. The highest BCUT2D eigenvalue weighted by molar-refractivity contribution is 5.92. The summed E-state index contributed by atoms with van der Waals surface area (Å²) < 4.78 is 14.0. The van der Waals surface area contributed by atoms with Gasteiger partial charge in [-0.25, -0.2) is 9.07 Å². The fourth-order valence-electron chi connectivity index (χ4n) is 1.88. The van der Waals surface area contributed by atoms with E-state index in [1.807, 2.05) is 0 Å². The fraction of sp³-hybridized carbons (Fsp3) is 0.267. The molecule has 1 atom stereocenters. The van der Waals surface area contributed by atoms with Gasteiger partial charge in [-0.3, -0.25) is 9.59 Å². The largest absolute Gasteiger partial charge is 0.387 e. The Morgan fingerprint density at radius 3 is 2.64 bits per heavy atom. The minimum Gasteiger partial charge on any atom is -0.387 e. The molecule has 6 nitrogen and oxygen atoms in total. The van der Waals surface area contributed by atoms with Gasteiger partial charge < -0.3 is 10.4 Å². The zero-order valence-corrected chi connectivity index (χ0v) is 12.0. The van der Waals surface area contributed by atoms with Gasteiger partial charge >= 0.3 is 0 Å². The Morgan fingerprint density at radius 2 is 2.00 bits per heavy atom. The van der Waals surface area contributed by atoms with E-state index >= 15 is 0 Å². The molecule has 0 bridgehead atoms. The number of carbonyl (C=O) groups excluding carboxylic acids is 1. The molecule has 1 amide bonds. The van der Waals surface area contributed by atoms with Crippen molar-refractivity contribution in [1.29, 1.82) is 0 Å². The van der Waals surface area contributed by atoms with Crippen LogP contribution >= 0.6 is 0 Å². The summed E-state index contributed by atoms with van der Waals surface area (Å²) >= 11 is 0. The summed E-state index contributed by atoms with van der Waals surface area (Å²) in [5.74, 6) is -0.894. The van der Waals surface area contributed by atoms with Crippen molar-refractivity contribution >= 4 is 5.91 Å². The van der Waals surface area contributed by atoms with Gasteiger partial charge in [-0.2, -0.15) is 5.10 Å². The Morgan fingerprint density at radius 1 is 1.32 bits per heavy atom.